The van der Waals surface area contributed by atoms with E-state index in [1.807, 2.05) is 6.07 Å². The molecule has 1 heteroatoms. The number of anilines is 1. The van der Waals surface area contributed by atoms with Gasteiger partial charge in [0.15, 0.2) is 0 Å². The number of nitrogens with two attached hydrogens (primary N) is 1. The Balaban J connectivity index is 2.47. The quantitative estimate of drug-likeness (QED) is 0.703. The fraction of sp³-hybridized carbons (Fsp3) is 0.467. The molecule has 0 heterocycles. The number of allylic oxidation sites excluding steroid dienone is 2. The Morgan fingerprint density at radius 1 is 1.19 bits per heavy atom. The molecule has 0 bridgehead atoms. The predicted molar refractivity (Wildman–Crippen MR) is 71.1 cm³/mol. The fourth-order valence-corrected chi connectivity index (χ4v) is 2.54. The minimum atomic E-state index is 0.664. The molecule has 1 aliphatic carbocycles. The number of benzene rings is 1. The van der Waals surface area contributed by atoms with Gasteiger partial charge in [0.25, 0.3) is 0 Å². The summed E-state index contributed by atoms with van der Waals surface area (Å²) in [6.07, 6.45) is 5.03. The average molecular weight is 215 g/mol. The van der Waals surface area contributed by atoms with E-state index in [1.54, 1.807) is 0 Å². The van der Waals surface area contributed by atoms with Gasteiger partial charge in [-0.25, -0.2) is 0 Å². The summed E-state index contributed by atoms with van der Waals surface area (Å²) in [7, 11) is 0. The summed E-state index contributed by atoms with van der Waals surface area (Å²) >= 11 is 0. The first-order valence-electron chi connectivity index (χ1n) is 6.16. The molecule has 2 rings (SSSR count). The lowest BCUT2D eigenvalue weighted by molar-refractivity contribution is 0.515. The van der Waals surface area contributed by atoms with Crippen LogP contribution < -0.4 is 5.73 Å². The van der Waals surface area contributed by atoms with Gasteiger partial charge in [-0.2, -0.15) is 0 Å². The minimum absolute atomic E-state index is 0.664. The van der Waals surface area contributed by atoms with Crippen LogP contribution in [-0.4, -0.2) is 0 Å². The van der Waals surface area contributed by atoms with Gasteiger partial charge < -0.3 is 5.73 Å². The van der Waals surface area contributed by atoms with E-state index in [1.165, 1.54) is 29.5 Å². The van der Waals surface area contributed by atoms with Crippen molar-refractivity contribution in [3.05, 3.63) is 35.4 Å². The number of nitrogen functional groups attached to an aromatic ring is 1. The molecule has 0 fully saturated rings. The maximum Gasteiger partial charge on any atom is 0.0349 e. The largest absolute Gasteiger partial charge is 0.398 e. The Kier molecular flexibility index (Phi) is 3.04. The molecule has 0 aliphatic heterocycles. The normalized spacial score (nSPS) is 25.3. The summed E-state index contributed by atoms with van der Waals surface area (Å²) in [5, 5.41) is 0. The molecule has 1 nitrogen and oxygen atoms in total. The van der Waals surface area contributed by atoms with Gasteiger partial charge in [-0.15, -0.1) is 0 Å². The van der Waals surface area contributed by atoms with E-state index in [9.17, 15) is 0 Å². The van der Waals surface area contributed by atoms with Gasteiger partial charge in [0.2, 0.25) is 0 Å². The molecule has 16 heavy (non-hydrogen) atoms. The molecule has 0 radical (unpaired) electrons. The highest BCUT2D eigenvalue weighted by molar-refractivity contribution is 5.74. The SMILES string of the molecule is Cc1c(N)cccc1C1=C[C@H](C)CC[C@@H]1C. The first kappa shape index (κ1) is 11.3. The van der Waals surface area contributed by atoms with Crippen LogP contribution in [0, 0.1) is 18.8 Å². The molecule has 1 aliphatic rings. The monoisotopic (exact) mass is 215 g/mol. The van der Waals surface area contributed by atoms with E-state index in [-0.39, 0.29) is 0 Å². The highest BCUT2D eigenvalue weighted by atomic mass is 14.6. The zero-order valence-corrected chi connectivity index (χ0v) is 10.5. The maximum absolute atomic E-state index is 5.98. The first-order chi connectivity index (χ1) is 7.59. The van der Waals surface area contributed by atoms with Crippen LogP contribution in [0.1, 0.15) is 37.8 Å². The molecule has 0 unspecified atom stereocenters. The van der Waals surface area contributed by atoms with Crippen molar-refractivity contribution in [2.75, 3.05) is 5.73 Å². The fourth-order valence-electron chi connectivity index (χ4n) is 2.54. The van der Waals surface area contributed by atoms with Crippen molar-refractivity contribution in [3.63, 3.8) is 0 Å². The van der Waals surface area contributed by atoms with Crippen LogP contribution in [0.5, 0.6) is 0 Å². The second kappa shape index (κ2) is 4.32. The molecule has 0 saturated heterocycles. The third kappa shape index (κ3) is 1.99. The molecule has 0 amide bonds. The third-order valence-electron chi connectivity index (χ3n) is 3.74. The molecule has 0 saturated carbocycles. The highest BCUT2D eigenvalue weighted by Gasteiger charge is 2.19. The van der Waals surface area contributed by atoms with Crippen LogP contribution in [0.4, 0.5) is 5.69 Å². The van der Waals surface area contributed by atoms with Crippen LogP contribution >= 0.6 is 0 Å². The third-order valence-corrected chi connectivity index (χ3v) is 3.74. The van der Waals surface area contributed by atoms with Crippen LogP contribution in [-0.2, 0) is 0 Å². The van der Waals surface area contributed by atoms with Gasteiger partial charge >= 0.3 is 0 Å². The summed E-state index contributed by atoms with van der Waals surface area (Å²) in [5.41, 5.74) is 11.0. The number of hydrogen-bond donors (Lipinski definition) is 1. The molecule has 1 aromatic rings. The Labute approximate surface area is 98.4 Å². The van der Waals surface area contributed by atoms with E-state index in [4.69, 9.17) is 5.73 Å². The molecule has 2 N–H and O–H groups in total. The highest BCUT2D eigenvalue weighted by Crippen LogP contribution is 2.36. The van der Waals surface area contributed by atoms with Crippen molar-refractivity contribution in [1.82, 2.24) is 0 Å². The summed E-state index contributed by atoms with van der Waals surface area (Å²) < 4.78 is 0. The van der Waals surface area contributed by atoms with Crippen molar-refractivity contribution in [1.29, 1.82) is 0 Å². The standard InChI is InChI=1S/C15H21N/c1-10-7-8-11(2)14(9-10)13-5-4-6-15(16)12(13)3/h4-6,9-11H,7-8,16H2,1-3H3/t10-,11+/m1/s1. The molecule has 86 valence electrons. The Bertz CT molecular complexity index is 417. The zero-order valence-electron chi connectivity index (χ0n) is 10.5. The molecule has 0 spiro atoms. The van der Waals surface area contributed by atoms with E-state index >= 15 is 0 Å². The van der Waals surface area contributed by atoms with Crippen LogP contribution in [0.2, 0.25) is 0 Å². The van der Waals surface area contributed by atoms with Crippen molar-refractivity contribution >= 4 is 11.3 Å². The number of hydrogen-bond acceptors (Lipinski definition) is 1. The van der Waals surface area contributed by atoms with Crippen molar-refractivity contribution < 1.29 is 0 Å². The molecule has 2 atom stereocenters. The predicted octanol–water partition coefficient (Wildman–Crippen LogP) is 4.03. The topological polar surface area (TPSA) is 26.0 Å². The second-order valence-electron chi connectivity index (χ2n) is 5.10. The van der Waals surface area contributed by atoms with E-state index < -0.39 is 0 Å². The zero-order chi connectivity index (χ0) is 11.7. The lowest BCUT2D eigenvalue weighted by Crippen LogP contribution is -2.10. The van der Waals surface area contributed by atoms with Crippen LogP contribution in [0.3, 0.4) is 0 Å². The molecule has 0 aromatic heterocycles. The summed E-state index contributed by atoms with van der Waals surface area (Å²) in [6, 6.07) is 6.24. The Morgan fingerprint density at radius 2 is 1.94 bits per heavy atom. The van der Waals surface area contributed by atoms with E-state index in [2.05, 4.69) is 39.0 Å². The van der Waals surface area contributed by atoms with Gasteiger partial charge in [0.1, 0.15) is 0 Å². The smallest absolute Gasteiger partial charge is 0.0349 e. The van der Waals surface area contributed by atoms with Gasteiger partial charge in [-0.05, 0) is 54.4 Å². The Hall–Kier alpha value is -1.24. The maximum atomic E-state index is 5.98. The van der Waals surface area contributed by atoms with Gasteiger partial charge in [0.05, 0.1) is 0 Å². The van der Waals surface area contributed by atoms with Crippen LogP contribution in [0.25, 0.3) is 5.57 Å². The summed E-state index contributed by atoms with van der Waals surface area (Å²) in [5.74, 6) is 1.36. The summed E-state index contributed by atoms with van der Waals surface area (Å²) in [6.45, 7) is 6.74. The number of rotatable bonds is 1. The van der Waals surface area contributed by atoms with Crippen molar-refractivity contribution in [3.8, 4) is 0 Å². The minimum Gasteiger partial charge on any atom is -0.398 e. The Morgan fingerprint density at radius 3 is 2.69 bits per heavy atom. The summed E-state index contributed by atoms with van der Waals surface area (Å²) in [4.78, 5) is 0. The molecule has 1 aromatic carbocycles. The second-order valence-corrected chi connectivity index (χ2v) is 5.10. The van der Waals surface area contributed by atoms with Gasteiger partial charge in [-0.1, -0.05) is 32.1 Å². The molecular formula is C15H21N. The van der Waals surface area contributed by atoms with E-state index in [0.29, 0.717) is 11.8 Å². The lowest BCUT2D eigenvalue weighted by Gasteiger charge is -2.26. The van der Waals surface area contributed by atoms with Crippen molar-refractivity contribution in [2.24, 2.45) is 11.8 Å². The van der Waals surface area contributed by atoms with E-state index in [0.717, 1.165) is 5.69 Å². The van der Waals surface area contributed by atoms with Gasteiger partial charge in [-0.3, -0.25) is 0 Å². The average Bonchev–Trinajstić information content (AvgIpc) is 2.26. The van der Waals surface area contributed by atoms with Gasteiger partial charge in [0, 0.05) is 5.69 Å². The van der Waals surface area contributed by atoms with Crippen LogP contribution in [0.15, 0.2) is 24.3 Å². The lowest BCUT2D eigenvalue weighted by atomic mass is 9.80. The van der Waals surface area contributed by atoms with Crippen molar-refractivity contribution in [2.45, 2.75) is 33.6 Å². The molecular weight excluding hydrogens is 194 g/mol. The first-order valence-corrected chi connectivity index (χ1v) is 6.16.